The molecule has 16 heavy (non-hydrogen) atoms. The van der Waals surface area contributed by atoms with Crippen molar-refractivity contribution in [1.82, 2.24) is 19.9 Å². The quantitative estimate of drug-likeness (QED) is 0.699. The fourth-order valence-corrected chi connectivity index (χ4v) is 1.81. The molecule has 1 N–H and O–H groups in total. The van der Waals surface area contributed by atoms with Gasteiger partial charge in [0.05, 0.1) is 12.0 Å². The summed E-state index contributed by atoms with van der Waals surface area (Å²) in [5, 5.41) is 0.684. The maximum Gasteiger partial charge on any atom is 0.181 e. The number of aromatic nitrogens is 4. The molecule has 0 aliphatic carbocycles. The van der Waals surface area contributed by atoms with E-state index in [0.717, 1.165) is 16.8 Å². The molecule has 0 bridgehead atoms. The van der Waals surface area contributed by atoms with Crippen molar-refractivity contribution in [2.24, 2.45) is 0 Å². The van der Waals surface area contributed by atoms with E-state index in [0.29, 0.717) is 10.7 Å². The second-order valence-electron chi connectivity index (χ2n) is 3.33. The molecule has 0 saturated carbocycles. The molecule has 5 heteroatoms. The van der Waals surface area contributed by atoms with Crippen LogP contribution in [0.3, 0.4) is 0 Å². The minimum absolute atomic E-state index is 0.657. The zero-order valence-corrected chi connectivity index (χ0v) is 8.94. The van der Waals surface area contributed by atoms with E-state index in [1.165, 1.54) is 6.33 Å². The first-order valence-electron chi connectivity index (χ1n) is 4.74. The molecule has 2 heterocycles. The molecule has 2 aromatic heterocycles. The molecule has 1 aromatic carbocycles. The summed E-state index contributed by atoms with van der Waals surface area (Å²) in [6.07, 6.45) is 3.10. The van der Waals surface area contributed by atoms with Gasteiger partial charge < -0.3 is 4.98 Å². The zero-order valence-electron chi connectivity index (χ0n) is 8.18. The third-order valence-electron chi connectivity index (χ3n) is 2.32. The van der Waals surface area contributed by atoms with Crippen LogP contribution in [0, 0.1) is 0 Å². The lowest BCUT2D eigenvalue weighted by Gasteiger charge is -2.01. The van der Waals surface area contributed by atoms with E-state index in [4.69, 9.17) is 11.6 Å². The first-order valence-corrected chi connectivity index (χ1v) is 5.12. The van der Waals surface area contributed by atoms with Gasteiger partial charge in [-0.05, 0) is 12.1 Å². The standard InChI is InChI=1S/C11H7ClN4/c12-8-3-1-2-7(4-8)9-10-11(15-5-13-9)16-6-14-10/h1-6H,(H,13,14,15,16). The second kappa shape index (κ2) is 3.57. The van der Waals surface area contributed by atoms with Crippen LogP contribution in [0.25, 0.3) is 22.4 Å². The highest BCUT2D eigenvalue weighted by atomic mass is 35.5. The summed E-state index contributed by atoms with van der Waals surface area (Å²) in [5.74, 6) is 0. The van der Waals surface area contributed by atoms with Gasteiger partial charge in [-0.2, -0.15) is 0 Å². The average Bonchev–Trinajstić information content (AvgIpc) is 2.76. The molecule has 0 unspecified atom stereocenters. The highest BCUT2D eigenvalue weighted by molar-refractivity contribution is 6.30. The molecule has 3 aromatic rings. The Labute approximate surface area is 96.3 Å². The third kappa shape index (κ3) is 1.44. The number of fused-ring (bicyclic) bond motifs is 1. The summed E-state index contributed by atoms with van der Waals surface area (Å²) in [5.41, 5.74) is 3.24. The van der Waals surface area contributed by atoms with E-state index in [9.17, 15) is 0 Å². The van der Waals surface area contributed by atoms with Crippen LogP contribution in [0.15, 0.2) is 36.9 Å². The molecule has 78 valence electrons. The van der Waals surface area contributed by atoms with E-state index < -0.39 is 0 Å². The Morgan fingerprint density at radius 3 is 2.94 bits per heavy atom. The predicted octanol–water partition coefficient (Wildman–Crippen LogP) is 2.67. The van der Waals surface area contributed by atoms with Crippen LogP contribution in [0.5, 0.6) is 0 Å². The normalized spacial score (nSPS) is 10.8. The zero-order chi connectivity index (χ0) is 11.0. The molecule has 0 atom stereocenters. The van der Waals surface area contributed by atoms with E-state index in [1.54, 1.807) is 6.33 Å². The van der Waals surface area contributed by atoms with Gasteiger partial charge in [-0.25, -0.2) is 15.0 Å². The largest absolute Gasteiger partial charge is 0.341 e. The molecule has 4 nitrogen and oxygen atoms in total. The summed E-state index contributed by atoms with van der Waals surface area (Å²) >= 11 is 5.95. The van der Waals surface area contributed by atoms with Gasteiger partial charge in [0.1, 0.15) is 11.8 Å². The Hall–Kier alpha value is -1.94. The van der Waals surface area contributed by atoms with Gasteiger partial charge in [0, 0.05) is 10.6 Å². The number of halogens is 1. The lowest BCUT2D eigenvalue weighted by molar-refractivity contribution is 1.20. The van der Waals surface area contributed by atoms with Crippen LogP contribution in [-0.2, 0) is 0 Å². The number of rotatable bonds is 1. The molecule has 0 spiro atoms. The van der Waals surface area contributed by atoms with Gasteiger partial charge in [0.2, 0.25) is 0 Å². The van der Waals surface area contributed by atoms with Gasteiger partial charge >= 0.3 is 0 Å². The summed E-state index contributed by atoms with van der Waals surface area (Å²) < 4.78 is 0. The number of hydrogen-bond acceptors (Lipinski definition) is 3. The van der Waals surface area contributed by atoms with Gasteiger partial charge in [0.15, 0.2) is 5.65 Å². The topological polar surface area (TPSA) is 54.5 Å². The maximum atomic E-state index is 5.95. The van der Waals surface area contributed by atoms with E-state index >= 15 is 0 Å². The molecule has 3 rings (SSSR count). The molecule has 0 radical (unpaired) electrons. The smallest absolute Gasteiger partial charge is 0.181 e. The summed E-state index contributed by atoms with van der Waals surface area (Å²) in [6.45, 7) is 0. The maximum absolute atomic E-state index is 5.95. The molecular formula is C11H7ClN4. The SMILES string of the molecule is Clc1cccc(-c2ncnc3nc[nH]c23)c1. The van der Waals surface area contributed by atoms with E-state index in [2.05, 4.69) is 19.9 Å². The number of aromatic amines is 1. The first-order chi connectivity index (χ1) is 7.84. The molecular weight excluding hydrogens is 224 g/mol. The Morgan fingerprint density at radius 2 is 2.06 bits per heavy atom. The average molecular weight is 231 g/mol. The second-order valence-corrected chi connectivity index (χ2v) is 3.77. The molecule has 0 amide bonds. The Balaban J connectivity index is 2.29. The fourth-order valence-electron chi connectivity index (χ4n) is 1.62. The highest BCUT2D eigenvalue weighted by Gasteiger charge is 2.07. The first kappa shape index (κ1) is 9.30. The molecule has 0 aliphatic rings. The van der Waals surface area contributed by atoms with Gasteiger partial charge in [0.25, 0.3) is 0 Å². The van der Waals surface area contributed by atoms with Crippen molar-refractivity contribution in [3.8, 4) is 11.3 Å². The van der Waals surface area contributed by atoms with Crippen LogP contribution < -0.4 is 0 Å². The van der Waals surface area contributed by atoms with Crippen molar-refractivity contribution in [1.29, 1.82) is 0 Å². The fraction of sp³-hybridized carbons (Fsp3) is 0. The molecule has 0 saturated heterocycles. The minimum Gasteiger partial charge on any atom is -0.341 e. The lowest BCUT2D eigenvalue weighted by atomic mass is 10.1. The highest BCUT2D eigenvalue weighted by Crippen LogP contribution is 2.24. The van der Waals surface area contributed by atoms with Crippen LogP contribution in [0.4, 0.5) is 0 Å². The third-order valence-corrected chi connectivity index (χ3v) is 2.56. The minimum atomic E-state index is 0.657. The number of nitrogens with one attached hydrogen (secondary N) is 1. The van der Waals surface area contributed by atoms with Crippen molar-refractivity contribution in [2.45, 2.75) is 0 Å². The van der Waals surface area contributed by atoms with Crippen LogP contribution in [0.2, 0.25) is 5.02 Å². The van der Waals surface area contributed by atoms with Gasteiger partial charge in [-0.3, -0.25) is 0 Å². The monoisotopic (exact) mass is 230 g/mol. The number of nitrogens with zero attached hydrogens (tertiary/aromatic N) is 3. The van der Waals surface area contributed by atoms with E-state index in [-0.39, 0.29) is 0 Å². The van der Waals surface area contributed by atoms with Crippen LogP contribution in [-0.4, -0.2) is 19.9 Å². The number of imidazole rings is 1. The Bertz CT molecular complexity index is 647. The van der Waals surface area contributed by atoms with Crippen molar-refractivity contribution in [2.75, 3.05) is 0 Å². The predicted molar refractivity (Wildman–Crippen MR) is 62.1 cm³/mol. The van der Waals surface area contributed by atoms with E-state index in [1.807, 2.05) is 24.3 Å². The number of hydrogen-bond donors (Lipinski definition) is 1. The number of H-pyrrole nitrogens is 1. The summed E-state index contributed by atoms with van der Waals surface area (Å²) in [4.78, 5) is 15.4. The Kier molecular flexibility index (Phi) is 2.08. The summed E-state index contributed by atoms with van der Waals surface area (Å²) in [7, 11) is 0. The molecule has 0 aliphatic heterocycles. The lowest BCUT2D eigenvalue weighted by Crippen LogP contribution is -1.87. The van der Waals surface area contributed by atoms with Crippen molar-refractivity contribution < 1.29 is 0 Å². The van der Waals surface area contributed by atoms with Crippen molar-refractivity contribution in [3.63, 3.8) is 0 Å². The summed E-state index contributed by atoms with van der Waals surface area (Å²) in [6, 6.07) is 7.54. The van der Waals surface area contributed by atoms with Gasteiger partial charge in [-0.15, -0.1) is 0 Å². The Morgan fingerprint density at radius 1 is 1.12 bits per heavy atom. The van der Waals surface area contributed by atoms with Gasteiger partial charge in [-0.1, -0.05) is 23.7 Å². The van der Waals surface area contributed by atoms with Crippen LogP contribution in [0.1, 0.15) is 0 Å². The van der Waals surface area contributed by atoms with Crippen molar-refractivity contribution in [3.05, 3.63) is 41.9 Å². The number of benzene rings is 1. The van der Waals surface area contributed by atoms with Crippen LogP contribution >= 0.6 is 11.6 Å². The molecule has 0 fully saturated rings. The van der Waals surface area contributed by atoms with Crippen molar-refractivity contribution >= 4 is 22.8 Å².